The molecule has 13 heteroatoms. The van der Waals surface area contributed by atoms with Gasteiger partial charge in [0, 0.05) is 32.2 Å². The third-order valence-corrected chi connectivity index (χ3v) is 6.03. The van der Waals surface area contributed by atoms with E-state index >= 15 is 0 Å². The first-order valence-electron chi connectivity index (χ1n) is 12.3. The standard InChI is InChI=1S/C25H26N10O3/c1-33-17-21(14-29-33)38-22-15-28-24-25(30-22)35(32-31-24)16-18-3-2-4-19(11-18)23-26-12-20(13-27-23)37-10-7-34-5-8-36-9-6-34/h2-4,11-15,17H,5-10,16H2,1H3. The Morgan fingerprint density at radius 3 is 2.68 bits per heavy atom. The van der Waals surface area contributed by atoms with Gasteiger partial charge < -0.3 is 14.2 Å². The molecule has 0 saturated carbocycles. The Morgan fingerprint density at radius 2 is 1.87 bits per heavy atom. The van der Waals surface area contributed by atoms with Crippen LogP contribution in [0.2, 0.25) is 0 Å². The van der Waals surface area contributed by atoms with E-state index in [0.29, 0.717) is 47.6 Å². The second-order valence-corrected chi connectivity index (χ2v) is 8.80. The lowest BCUT2D eigenvalue weighted by Gasteiger charge is -2.26. The fourth-order valence-corrected chi connectivity index (χ4v) is 4.11. The average Bonchev–Trinajstić information content (AvgIpc) is 3.55. The first-order chi connectivity index (χ1) is 18.7. The SMILES string of the molecule is Cn1cc(Oc2cnc3nnn(Cc4cccc(-c5ncc(OCCN6CCOCC6)cn5)c4)c3n2)cn1. The van der Waals surface area contributed by atoms with Crippen molar-refractivity contribution in [3.8, 4) is 28.8 Å². The molecule has 194 valence electrons. The molecule has 0 N–H and O–H groups in total. The van der Waals surface area contributed by atoms with E-state index in [1.165, 1.54) is 6.20 Å². The molecule has 5 aromatic rings. The fraction of sp³-hybridized carbons (Fsp3) is 0.320. The molecule has 4 aromatic heterocycles. The Labute approximate surface area is 218 Å². The molecular formula is C25H26N10O3. The topological polar surface area (TPSA) is 131 Å². The van der Waals surface area contributed by atoms with E-state index in [-0.39, 0.29) is 0 Å². The van der Waals surface area contributed by atoms with Crippen molar-refractivity contribution in [3.05, 3.63) is 60.8 Å². The summed E-state index contributed by atoms with van der Waals surface area (Å²) in [6.45, 7) is 5.31. The number of aromatic nitrogens is 9. The lowest BCUT2D eigenvalue weighted by atomic mass is 10.1. The number of nitrogens with zero attached hydrogens (tertiary/aromatic N) is 10. The monoisotopic (exact) mass is 514 g/mol. The van der Waals surface area contributed by atoms with Gasteiger partial charge >= 0.3 is 0 Å². The lowest BCUT2D eigenvalue weighted by molar-refractivity contribution is 0.0322. The van der Waals surface area contributed by atoms with Crippen molar-refractivity contribution in [2.45, 2.75) is 6.54 Å². The molecule has 5 heterocycles. The first-order valence-corrected chi connectivity index (χ1v) is 12.3. The second-order valence-electron chi connectivity index (χ2n) is 8.80. The van der Waals surface area contributed by atoms with Gasteiger partial charge in [0.1, 0.15) is 6.61 Å². The van der Waals surface area contributed by atoms with Gasteiger partial charge in [-0.2, -0.15) is 10.1 Å². The molecule has 0 aliphatic carbocycles. The molecule has 1 saturated heterocycles. The predicted octanol–water partition coefficient (Wildman–Crippen LogP) is 1.96. The van der Waals surface area contributed by atoms with Gasteiger partial charge in [-0.15, -0.1) is 5.10 Å². The Morgan fingerprint density at radius 1 is 1.00 bits per heavy atom. The van der Waals surface area contributed by atoms with Crippen molar-refractivity contribution in [2.24, 2.45) is 7.05 Å². The van der Waals surface area contributed by atoms with Crippen LogP contribution >= 0.6 is 0 Å². The van der Waals surface area contributed by atoms with E-state index in [2.05, 4.69) is 40.2 Å². The van der Waals surface area contributed by atoms with Crippen molar-refractivity contribution < 1.29 is 14.2 Å². The van der Waals surface area contributed by atoms with Gasteiger partial charge in [-0.1, -0.05) is 23.4 Å². The maximum absolute atomic E-state index is 5.83. The molecule has 0 radical (unpaired) electrons. The summed E-state index contributed by atoms with van der Waals surface area (Å²) in [6, 6.07) is 7.95. The van der Waals surface area contributed by atoms with E-state index in [9.17, 15) is 0 Å². The molecule has 0 unspecified atom stereocenters. The summed E-state index contributed by atoms with van der Waals surface area (Å²) in [6.07, 6.45) is 8.29. The van der Waals surface area contributed by atoms with Crippen LogP contribution in [0.15, 0.2) is 55.2 Å². The average molecular weight is 515 g/mol. The number of hydrogen-bond acceptors (Lipinski definition) is 11. The van der Waals surface area contributed by atoms with E-state index < -0.39 is 0 Å². The third kappa shape index (κ3) is 5.58. The summed E-state index contributed by atoms with van der Waals surface area (Å²) in [5.41, 5.74) is 2.83. The van der Waals surface area contributed by atoms with Gasteiger partial charge in [0.25, 0.3) is 0 Å². The van der Waals surface area contributed by atoms with E-state index in [1.807, 2.05) is 31.3 Å². The molecule has 1 aliphatic heterocycles. The summed E-state index contributed by atoms with van der Waals surface area (Å²) in [5, 5.41) is 12.5. The minimum atomic E-state index is 0.337. The van der Waals surface area contributed by atoms with Crippen molar-refractivity contribution in [1.29, 1.82) is 0 Å². The number of hydrogen-bond donors (Lipinski definition) is 0. The van der Waals surface area contributed by atoms with Gasteiger partial charge in [0.15, 0.2) is 17.3 Å². The molecule has 0 atom stereocenters. The van der Waals surface area contributed by atoms with Crippen LogP contribution in [0.5, 0.6) is 17.4 Å². The molecule has 1 aliphatic rings. The van der Waals surface area contributed by atoms with Gasteiger partial charge in [-0.25, -0.2) is 19.6 Å². The maximum atomic E-state index is 5.83. The van der Waals surface area contributed by atoms with Crippen LogP contribution in [0, 0.1) is 0 Å². The largest absolute Gasteiger partial charge is 0.489 e. The lowest BCUT2D eigenvalue weighted by Crippen LogP contribution is -2.38. The fourth-order valence-electron chi connectivity index (χ4n) is 4.11. The zero-order valence-corrected chi connectivity index (χ0v) is 20.8. The molecule has 38 heavy (non-hydrogen) atoms. The van der Waals surface area contributed by atoms with Crippen LogP contribution in [-0.2, 0) is 18.3 Å². The van der Waals surface area contributed by atoms with Gasteiger partial charge in [-0.05, 0) is 11.6 Å². The summed E-state index contributed by atoms with van der Waals surface area (Å²) in [5.74, 6) is 2.17. The van der Waals surface area contributed by atoms with E-state index in [0.717, 1.165) is 44.0 Å². The van der Waals surface area contributed by atoms with Crippen LogP contribution in [0.3, 0.4) is 0 Å². The number of rotatable bonds is 9. The molecule has 13 nitrogen and oxygen atoms in total. The second kappa shape index (κ2) is 10.9. The number of morpholine rings is 1. The molecule has 1 aromatic carbocycles. The molecule has 0 spiro atoms. The van der Waals surface area contributed by atoms with Crippen LogP contribution in [0.4, 0.5) is 0 Å². The highest BCUT2D eigenvalue weighted by Gasteiger charge is 2.13. The number of fused-ring (bicyclic) bond motifs is 1. The Balaban J connectivity index is 1.12. The number of benzene rings is 1. The van der Waals surface area contributed by atoms with Crippen molar-refractivity contribution >= 4 is 11.3 Å². The van der Waals surface area contributed by atoms with Crippen molar-refractivity contribution in [2.75, 3.05) is 39.5 Å². The number of ether oxygens (including phenoxy) is 3. The van der Waals surface area contributed by atoms with E-state index in [4.69, 9.17) is 14.2 Å². The minimum absolute atomic E-state index is 0.337. The van der Waals surface area contributed by atoms with Crippen LogP contribution < -0.4 is 9.47 Å². The molecule has 6 rings (SSSR count). The highest BCUT2D eigenvalue weighted by Crippen LogP contribution is 2.21. The highest BCUT2D eigenvalue weighted by molar-refractivity contribution is 5.65. The summed E-state index contributed by atoms with van der Waals surface area (Å²) in [4.78, 5) is 20.2. The third-order valence-electron chi connectivity index (χ3n) is 6.03. The van der Waals surface area contributed by atoms with Crippen molar-refractivity contribution in [3.63, 3.8) is 0 Å². The Bertz CT molecular complexity index is 1510. The van der Waals surface area contributed by atoms with Gasteiger partial charge in [0.2, 0.25) is 17.2 Å². The molecule has 0 bridgehead atoms. The van der Waals surface area contributed by atoms with Crippen molar-refractivity contribution in [1.82, 2.24) is 49.6 Å². The van der Waals surface area contributed by atoms with Gasteiger partial charge in [0.05, 0.1) is 50.7 Å². The van der Waals surface area contributed by atoms with Gasteiger partial charge in [-0.3, -0.25) is 9.58 Å². The zero-order chi connectivity index (χ0) is 25.7. The predicted molar refractivity (Wildman–Crippen MR) is 136 cm³/mol. The molecule has 0 amide bonds. The zero-order valence-electron chi connectivity index (χ0n) is 20.8. The summed E-state index contributed by atoms with van der Waals surface area (Å²) in [7, 11) is 1.82. The van der Waals surface area contributed by atoms with E-state index in [1.54, 1.807) is 34.2 Å². The quantitative estimate of drug-likeness (QED) is 0.286. The normalized spacial score (nSPS) is 14.1. The highest BCUT2D eigenvalue weighted by atomic mass is 16.5. The van der Waals surface area contributed by atoms with Crippen LogP contribution in [-0.4, -0.2) is 89.1 Å². The Hall–Kier alpha value is -4.49. The summed E-state index contributed by atoms with van der Waals surface area (Å²) >= 11 is 0. The smallest absolute Gasteiger partial charge is 0.240 e. The minimum Gasteiger partial charge on any atom is -0.489 e. The van der Waals surface area contributed by atoms with Crippen LogP contribution in [0.1, 0.15) is 5.56 Å². The summed E-state index contributed by atoms with van der Waals surface area (Å²) < 4.78 is 20.3. The molecule has 1 fully saturated rings. The van der Waals surface area contributed by atoms with Crippen LogP contribution in [0.25, 0.3) is 22.7 Å². The number of aryl methyl sites for hydroxylation is 1. The maximum Gasteiger partial charge on any atom is 0.240 e. The molecular weight excluding hydrogens is 488 g/mol. The Kier molecular flexibility index (Phi) is 6.83. The first kappa shape index (κ1) is 23.9.